The summed E-state index contributed by atoms with van der Waals surface area (Å²) in [6, 6.07) is 52.9. The van der Waals surface area contributed by atoms with E-state index in [0.29, 0.717) is 17.6 Å². The Morgan fingerprint density at radius 3 is 1.69 bits per heavy atom. The summed E-state index contributed by atoms with van der Waals surface area (Å²) in [4.78, 5) is 15.1. The third kappa shape index (κ3) is 4.69. The number of allylic oxidation sites excluding steroid dienone is 1. The number of hydrogen-bond donors (Lipinski definition) is 0. The lowest BCUT2D eigenvalue weighted by Gasteiger charge is -2.13. The Hall–Kier alpha value is -7.03. The standard InChI is InChI=1S/C46H29N5/c1-30-14-13-22-37-39-29-34(33-24-26-41-38(28-33)36-21-11-12-23-40(36)50(41)35-19-9-4-10-20-35)25-27-42(39)51(43(30)37)46-48-44(31-15-5-2-6-16-31)47-45(49-46)32-17-7-3-8-18-32/h2-12,15-29H,1H3. The summed E-state index contributed by atoms with van der Waals surface area (Å²) in [5, 5.41) is 3.56. The minimum Gasteiger partial charge on any atom is -0.309 e. The first kappa shape index (κ1) is 28.9. The normalized spacial score (nSPS) is 12.1. The number of aromatic nitrogens is 5. The van der Waals surface area contributed by atoms with Crippen LogP contribution in [0, 0.1) is 0 Å². The summed E-state index contributed by atoms with van der Waals surface area (Å²) >= 11 is 0. The predicted octanol–water partition coefficient (Wildman–Crippen LogP) is 11.1. The largest absolute Gasteiger partial charge is 0.309 e. The molecule has 238 valence electrons. The molecule has 1 aliphatic rings. The van der Waals surface area contributed by atoms with Gasteiger partial charge in [-0.05, 0) is 66.6 Å². The molecule has 0 amide bonds. The van der Waals surface area contributed by atoms with E-state index >= 15 is 0 Å². The predicted molar refractivity (Wildman–Crippen MR) is 208 cm³/mol. The Morgan fingerprint density at radius 1 is 0.471 bits per heavy atom. The molecule has 0 unspecified atom stereocenters. The van der Waals surface area contributed by atoms with Crippen LogP contribution in [0.4, 0.5) is 0 Å². The second kappa shape index (κ2) is 11.5. The number of para-hydroxylation sites is 2. The molecule has 9 aromatic rings. The topological polar surface area (TPSA) is 48.5 Å². The third-order valence-corrected chi connectivity index (χ3v) is 9.75. The number of hydrogen-bond acceptors (Lipinski definition) is 3. The SMILES string of the molecule is CC1=C=C=Cc2c1n(-c1nc(-c3ccccc3)nc(-c3ccccc3)n1)c1ccc(-c3ccc4c(c3)c3ccccc3n4-c3ccccc3)cc21. The first-order chi connectivity index (χ1) is 25.2. The molecule has 0 atom stereocenters. The highest BCUT2D eigenvalue weighted by Crippen LogP contribution is 2.39. The smallest absolute Gasteiger partial charge is 0.238 e. The zero-order valence-electron chi connectivity index (χ0n) is 27.7. The van der Waals surface area contributed by atoms with E-state index in [1.165, 1.54) is 21.8 Å². The van der Waals surface area contributed by atoms with Crippen LogP contribution in [0.2, 0.25) is 0 Å². The molecule has 0 saturated carbocycles. The van der Waals surface area contributed by atoms with Gasteiger partial charge < -0.3 is 4.57 Å². The molecule has 0 radical (unpaired) electrons. The van der Waals surface area contributed by atoms with Gasteiger partial charge in [0.1, 0.15) is 0 Å². The Balaban J connectivity index is 1.18. The second-order valence-electron chi connectivity index (χ2n) is 12.8. The van der Waals surface area contributed by atoms with Gasteiger partial charge in [0, 0.05) is 44.1 Å². The molecule has 6 aromatic carbocycles. The Kier molecular flexibility index (Phi) is 6.55. The van der Waals surface area contributed by atoms with Crippen molar-refractivity contribution in [3.63, 3.8) is 0 Å². The molecule has 3 heterocycles. The molecule has 5 nitrogen and oxygen atoms in total. The molecule has 5 heteroatoms. The van der Waals surface area contributed by atoms with E-state index in [4.69, 9.17) is 15.0 Å². The van der Waals surface area contributed by atoms with Crippen LogP contribution in [0.5, 0.6) is 0 Å². The minimum atomic E-state index is 0.563. The monoisotopic (exact) mass is 651 g/mol. The van der Waals surface area contributed by atoms with E-state index in [9.17, 15) is 0 Å². The average Bonchev–Trinajstić information content (AvgIpc) is 3.72. The van der Waals surface area contributed by atoms with Crippen LogP contribution in [0.3, 0.4) is 0 Å². The molecule has 0 bridgehead atoms. The summed E-state index contributed by atoms with van der Waals surface area (Å²) in [5.41, 5.74) is 18.3. The van der Waals surface area contributed by atoms with Crippen molar-refractivity contribution < 1.29 is 0 Å². The zero-order chi connectivity index (χ0) is 33.9. The van der Waals surface area contributed by atoms with Gasteiger partial charge in [-0.25, -0.2) is 4.98 Å². The Morgan fingerprint density at radius 2 is 1.02 bits per heavy atom. The van der Waals surface area contributed by atoms with Crippen molar-refractivity contribution in [2.24, 2.45) is 0 Å². The maximum Gasteiger partial charge on any atom is 0.238 e. The van der Waals surface area contributed by atoms with Crippen molar-refractivity contribution >= 4 is 44.4 Å². The zero-order valence-corrected chi connectivity index (χ0v) is 27.7. The Labute approximate surface area is 294 Å². The van der Waals surface area contributed by atoms with Gasteiger partial charge in [-0.1, -0.05) is 121 Å². The van der Waals surface area contributed by atoms with E-state index in [1.807, 2.05) is 66.7 Å². The molecule has 0 aliphatic heterocycles. The fourth-order valence-corrected chi connectivity index (χ4v) is 7.40. The summed E-state index contributed by atoms with van der Waals surface area (Å²) < 4.78 is 4.51. The van der Waals surface area contributed by atoms with Crippen LogP contribution < -0.4 is 0 Å². The molecule has 10 rings (SSSR count). The van der Waals surface area contributed by atoms with Gasteiger partial charge in [0.15, 0.2) is 11.6 Å². The summed E-state index contributed by atoms with van der Waals surface area (Å²) in [5.74, 6) is 1.81. The molecule has 1 aliphatic carbocycles. The fourth-order valence-electron chi connectivity index (χ4n) is 7.40. The quantitative estimate of drug-likeness (QED) is 0.174. The van der Waals surface area contributed by atoms with Gasteiger partial charge in [0.2, 0.25) is 5.95 Å². The van der Waals surface area contributed by atoms with E-state index in [-0.39, 0.29) is 0 Å². The highest BCUT2D eigenvalue weighted by Gasteiger charge is 2.23. The lowest BCUT2D eigenvalue weighted by atomic mass is 9.99. The van der Waals surface area contributed by atoms with Crippen LogP contribution in [0.15, 0.2) is 163 Å². The number of fused-ring (bicyclic) bond motifs is 6. The van der Waals surface area contributed by atoms with Crippen molar-refractivity contribution in [1.82, 2.24) is 24.1 Å². The molecule has 0 fully saturated rings. The first-order valence-corrected chi connectivity index (χ1v) is 17.0. The van der Waals surface area contributed by atoms with Crippen molar-refractivity contribution in [3.05, 3.63) is 174 Å². The maximum absolute atomic E-state index is 5.10. The van der Waals surface area contributed by atoms with Gasteiger partial charge in [-0.15, -0.1) is 0 Å². The van der Waals surface area contributed by atoms with E-state index in [0.717, 1.165) is 55.7 Å². The van der Waals surface area contributed by atoms with E-state index in [2.05, 4.69) is 119 Å². The number of benzene rings is 6. The van der Waals surface area contributed by atoms with Crippen LogP contribution in [0.1, 0.15) is 18.2 Å². The second-order valence-corrected chi connectivity index (χ2v) is 12.8. The maximum atomic E-state index is 5.10. The van der Waals surface area contributed by atoms with Gasteiger partial charge in [-0.2, -0.15) is 9.97 Å². The number of nitrogens with zero attached hydrogens (tertiary/aromatic N) is 5. The van der Waals surface area contributed by atoms with Gasteiger partial charge in [0.25, 0.3) is 0 Å². The van der Waals surface area contributed by atoms with Crippen molar-refractivity contribution in [1.29, 1.82) is 0 Å². The molecular formula is C46H29N5. The van der Waals surface area contributed by atoms with Crippen LogP contribution >= 0.6 is 0 Å². The van der Waals surface area contributed by atoms with Crippen LogP contribution in [-0.4, -0.2) is 24.1 Å². The summed E-state index contributed by atoms with van der Waals surface area (Å²) in [7, 11) is 0. The van der Waals surface area contributed by atoms with E-state index < -0.39 is 0 Å². The van der Waals surface area contributed by atoms with Crippen LogP contribution in [-0.2, 0) is 0 Å². The Bertz CT molecular complexity index is 2860. The lowest BCUT2D eigenvalue weighted by Crippen LogP contribution is -2.09. The van der Waals surface area contributed by atoms with Gasteiger partial charge in [0.05, 0.1) is 22.2 Å². The van der Waals surface area contributed by atoms with Crippen molar-refractivity contribution in [2.45, 2.75) is 6.92 Å². The van der Waals surface area contributed by atoms with Gasteiger partial charge >= 0.3 is 0 Å². The summed E-state index contributed by atoms with van der Waals surface area (Å²) in [6.07, 6.45) is 2.03. The molecular weight excluding hydrogens is 623 g/mol. The summed E-state index contributed by atoms with van der Waals surface area (Å²) in [6.45, 7) is 2.07. The molecule has 0 saturated heterocycles. The fraction of sp³-hybridized carbons (Fsp3) is 0.0217. The molecule has 3 aromatic heterocycles. The lowest BCUT2D eigenvalue weighted by molar-refractivity contribution is 0.921. The van der Waals surface area contributed by atoms with Crippen LogP contribution in [0.25, 0.3) is 89.9 Å². The highest BCUT2D eigenvalue weighted by molar-refractivity contribution is 6.11. The minimum absolute atomic E-state index is 0.563. The van der Waals surface area contributed by atoms with Crippen molar-refractivity contribution in [3.8, 4) is 45.5 Å². The average molecular weight is 652 g/mol. The van der Waals surface area contributed by atoms with Gasteiger partial charge in [-0.3, -0.25) is 4.57 Å². The van der Waals surface area contributed by atoms with Crippen molar-refractivity contribution in [2.75, 3.05) is 0 Å². The molecule has 0 N–H and O–H groups in total. The first-order valence-electron chi connectivity index (χ1n) is 17.0. The third-order valence-electron chi connectivity index (χ3n) is 9.75. The highest BCUT2D eigenvalue weighted by atomic mass is 15.2. The van der Waals surface area contributed by atoms with E-state index in [1.54, 1.807) is 0 Å². The number of rotatable bonds is 5. The molecule has 51 heavy (non-hydrogen) atoms. The molecule has 0 spiro atoms.